The van der Waals surface area contributed by atoms with Gasteiger partial charge in [0, 0.05) is 11.3 Å². The standard InChI is InChI=1S/C24H20N4O3/c1-16-21(24(31)28(27-16)18-12-6-3-7-13-18)22(17-10-4-2-5-11-17)25-26-23(30)19-14-8-9-15-20(19)29/h2-15,27,29H,1H3,(H,26,30). The molecule has 0 bridgehead atoms. The Hall–Kier alpha value is -4.39. The Morgan fingerprint density at radius 1 is 0.935 bits per heavy atom. The van der Waals surface area contributed by atoms with Crippen LogP contribution in [-0.2, 0) is 0 Å². The van der Waals surface area contributed by atoms with Crippen molar-refractivity contribution in [2.45, 2.75) is 6.92 Å². The highest BCUT2D eigenvalue weighted by atomic mass is 16.3. The topological polar surface area (TPSA) is 99.5 Å². The van der Waals surface area contributed by atoms with E-state index in [1.807, 2.05) is 60.7 Å². The Morgan fingerprint density at radius 3 is 2.23 bits per heavy atom. The number of para-hydroxylation sites is 2. The van der Waals surface area contributed by atoms with Crippen LogP contribution < -0.4 is 11.0 Å². The van der Waals surface area contributed by atoms with Crippen LogP contribution in [0.15, 0.2) is 94.8 Å². The van der Waals surface area contributed by atoms with Crippen LogP contribution in [0.1, 0.15) is 27.2 Å². The zero-order valence-electron chi connectivity index (χ0n) is 16.7. The average molecular weight is 412 g/mol. The highest BCUT2D eigenvalue weighted by molar-refractivity contribution is 6.14. The fourth-order valence-electron chi connectivity index (χ4n) is 3.28. The lowest BCUT2D eigenvalue weighted by molar-refractivity contribution is 0.0952. The molecule has 1 amide bonds. The van der Waals surface area contributed by atoms with Crippen LogP contribution in [0.25, 0.3) is 5.69 Å². The Kier molecular flexibility index (Phi) is 5.49. The third kappa shape index (κ3) is 4.02. The molecule has 3 N–H and O–H groups in total. The quantitative estimate of drug-likeness (QED) is 0.346. The number of nitrogens with zero attached hydrogens (tertiary/aromatic N) is 2. The average Bonchev–Trinajstić information content (AvgIpc) is 3.09. The van der Waals surface area contributed by atoms with Crippen molar-refractivity contribution in [2.75, 3.05) is 0 Å². The smallest absolute Gasteiger partial charge is 0.281 e. The van der Waals surface area contributed by atoms with Crippen molar-refractivity contribution in [2.24, 2.45) is 5.10 Å². The molecule has 0 spiro atoms. The highest BCUT2D eigenvalue weighted by Crippen LogP contribution is 2.16. The van der Waals surface area contributed by atoms with Crippen molar-refractivity contribution in [1.82, 2.24) is 15.2 Å². The molecule has 0 unspecified atom stereocenters. The Balaban J connectivity index is 1.80. The summed E-state index contributed by atoms with van der Waals surface area (Å²) >= 11 is 0. The van der Waals surface area contributed by atoms with E-state index in [1.54, 1.807) is 19.1 Å². The number of nitrogens with one attached hydrogen (secondary N) is 2. The molecule has 1 heterocycles. The maximum Gasteiger partial charge on any atom is 0.281 e. The lowest BCUT2D eigenvalue weighted by atomic mass is 10.0. The second kappa shape index (κ2) is 8.54. The van der Waals surface area contributed by atoms with E-state index in [-0.39, 0.29) is 16.9 Å². The zero-order valence-corrected chi connectivity index (χ0v) is 16.7. The first-order valence-corrected chi connectivity index (χ1v) is 9.65. The third-order valence-corrected chi connectivity index (χ3v) is 4.79. The molecule has 0 aliphatic heterocycles. The van der Waals surface area contributed by atoms with E-state index < -0.39 is 5.91 Å². The molecule has 3 aromatic carbocycles. The first kappa shape index (κ1) is 19.9. The second-order valence-electron chi connectivity index (χ2n) is 6.87. The van der Waals surface area contributed by atoms with Gasteiger partial charge in [0.15, 0.2) is 0 Å². The van der Waals surface area contributed by atoms with E-state index in [1.165, 1.54) is 16.8 Å². The van der Waals surface area contributed by atoms with Gasteiger partial charge in [-0.25, -0.2) is 10.1 Å². The van der Waals surface area contributed by atoms with Gasteiger partial charge in [0.25, 0.3) is 11.5 Å². The molecule has 4 rings (SSSR count). The number of aromatic amines is 1. The van der Waals surface area contributed by atoms with Crippen LogP contribution >= 0.6 is 0 Å². The SMILES string of the molecule is Cc1[nH]n(-c2ccccc2)c(=O)c1C(=NNC(=O)c1ccccc1O)c1ccccc1. The van der Waals surface area contributed by atoms with Gasteiger partial charge in [-0.3, -0.25) is 14.7 Å². The van der Waals surface area contributed by atoms with Crippen molar-refractivity contribution < 1.29 is 9.90 Å². The summed E-state index contributed by atoms with van der Waals surface area (Å²) in [5.41, 5.74) is 4.88. The number of phenolic OH excluding ortho intramolecular Hbond substituents is 1. The summed E-state index contributed by atoms with van der Waals surface area (Å²) in [6.45, 7) is 1.78. The van der Waals surface area contributed by atoms with Gasteiger partial charge >= 0.3 is 0 Å². The Morgan fingerprint density at radius 2 is 1.55 bits per heavy atom. The van der Waals surface area contributed by atoms with E-state index in [0.717, 1.165) is 0 Å². The summed E-state index contributed by atoms with van der Waals surface area (Å²) in [5.74, 6) is -0.733. The lowest BCUT2D eigenvalue weighted by Gasteiger charge is -2.07. The summed E-state index contributed by atoms with van der Waals surface area (Å²) in [6, 6.07) is 24.5. The van der Waals surface area contributed by atoms with Gasteiger partial charge in [0.2, 0.25) is 0 Å². The van der Waals surface area contributed by atoms with Crippen LogP contribution in [0.5, 0.6) is 5.75 Å². The maximum atomic E-state index is 13.3. The fraction of sp³-hybridized carbons (Fsp3) is 0.0417. The van der Waals surface area contributed by atoms with Gasteiger partial charge in [0.05, 0.1) is 16.8 Å². The van der Waals surface area contributed by atoms with E-state index in [4.69, 9.17) is 0 Å². The number of rotatable bonds is 5. The van der Waals surface area contributed by atoms with Gasteiger partial charge < -0.3 is 5.11 Å². The predicted octanol–water partition coefficient (Wildman–Crippen LogP) is 3.36. The molecule has 0 saturated carbocycles. The second-order valence-corrected chi connectivity index (χ2v) is 6.87. The molecule has 31 heavy (non-hydrogen) atoms. The normalized spacial score (nSPS) is 11.3. The molecule has 4 aromatic rings. The van der Waals surface area contributed by atoms with E-state index >= 15 is 0 Å². The van der Waals surface area contributed by atoms with Gasteiger partial charge in [-0.1, -0.05) is 60.7 Å². The molecule has 1 aromatic heterocycles. The van der Waals surface area contributed by atoms with Crippen molar-refractivity contribution in [3.63, 3.8) is 0 Å². The highest BCUT2D eigenvalue weighted by Gasteiger charge is 2.20. The van der Waals surface area contributed by atoms with Crippen LogP contribution in [0.4, 0.5) is 0 Å². The van der Waals surface area contributed by atoms with Gasteiger partial charge in [-0.2, -0.15) is 5.10 Å². The van der Waals surface area contributed by atoms with Crippen LogP contribution in [-0.4, -0.2) is 26.5 Å². The predicted molar refractivity (Wildman–Crippen MR) is 119 cm³/mol. The number of aromatic hydroxyl groups is 1. The Labute approximate surface area is 178 Å². The summed E-state index contributed by atoms with van der Waals surface area (Å²) in [5, 5.41) is 17.3. The zero-order chi connectivity index (χ0) is 21.8. The van der Waals surface area contributed by atoms with Crippen molar-refractivity contribution in [1.29, 1.82) is 0 Å². The molecule has 7 nitrogen and oxygen atoms in total. The molecule has 0 fully saturated rings. The molecule has 0 saturated heterocycles. The minimum Gasteiger partial charge on any atom is -0.507 e. The summed E-state index contributed by atoms with van der Waals surface area (Å²) < 4.78 is 1.44. The summed E-state index contributed by atoms with van der Waals surface area (Å²) in [6.07, 6.45) is 0. The Bertz CT molecular complexity index is 1310. The molecular weight excluding hydrogens is 392 g/mol. The van der Waals surface area contributed by atoms with Crippen LogP contribution in [0, 0.1) is 6.92 Å². The monoisotopic (exact) mass is 412 g/mol. The number of aromatic nitrogens is 2. The number of aryl methyl sites for hydroxylation is 1. The molecule has 0 radical (unpaired) electrons. The fourth-order valence-corrected chi connectivity index (χ4v) is 3.28. The van der Waals surface area contributed by atoms with E-state index in [0.29, 0.717) is 28.2 Å². The largest absolute Gasteiger partial charge is 0.507 e. The lowest BCUT2D eigenvalue weighted by Crippen LogP contribution is -2.25. The molecular formula is C24H20N4O3. The van der Waals surface area contributed by atoms with Gasteiger partial charge in [-0.05, 0) is 31.2 Å². The van der Waals surface area contributed by atoms with Crippen molar-refractivity contribution >= 4 is 11.6 Å². The van der Waals surface area contributed by atoms with E-state index in [2.05, 4.69) is 15.6 Å². The third-order valence-electron chi connectivity index (χ3n) is 4.79. The molecule has 7 heteroatoms. The number of hydrazone groups is 1. The van der Waals surface area contributed by atoms with Crippen molar-refractivity contribution in [3.8, 4) is 11.4 Å². The summed E-state index contributed by atoms with van der Waals surface area (Å²) in [7, 11) is 0. The number of carbonyl (C=O) groups is 1. The number of H-pyrrole nitrogens is 1. The van der Waals surface area contributed by atoms with Crippen molar-refractivity contribution in [3.05, 3.63) is 118 Å². The molecule has 0 aliphatic rings. The number of amides is 1. The maximum absolute atomic E-state index is 13.3. The molecule has 154 valence electrons. The number of hydrogen-bond donors (Lipinski definition) is 3. The number of carbonyl (C=O) groups excluding carboxylic acids is 1. The minimum absolute atomic E-state index is 0.0890. The number of phenols is 1. The van der Waals surface area contributed by atoms with E-state index in [9.17, 15) is 14.7 Å². The molecule has 0 atom stereocenters. The first-order valence-electron chi connectivity index (χ1n) is 9.65. The van der Waals surface area contributed by atoms with Gasteiger partial charge in [-0.15, -0.1) is 0 Å². The van der Waals surface area contributed by atoms with Crippen LogP contribution in [0.2, 0.25) is 0 Å². The van der Waals surface area contributed by atoms with Crippen LogP contribution in [0.3, 0.4) is 0 Å². The first-order chi connectivity index (χ1) is 15.1. The number of benzene rings is 3. The minimum atomic E-state index is -0.580. The summed E-state index contributed by atoms with van der Waals surface area (Å²) in [4.78, 5) is 25.8. The molecule has 0 aliphatic carbocycles. The van der Waals surface area contributed by atoms with Gasteiger partial charge in [0.1, 0.15) is 11.5 Å². The number of hydrogen-bond acceptors (Lipinski definition) is 4.